The van der Waals surface area contributed by atoms with E-state index in [4.69, 9.17) is 28.9 Å². The number of carbonyl (C=O) groups excluding carboxylic acids is 2. The molecule has 2 amide bonds. The lowest BCUT2D eigenvalue weighted by Crippen LogP contribution is -2.70. The minimum absolute atomic E-state index is 0.0118. The molecule has 6 atom stereocenters. The molecule has 3 N–H and O–H groups in total. The van der Waals surface area contributed by atoms with Crippen molar-refractivity contribution in [1.82, 2.24) is 10.2 Å². The topological polar surface area (TPSA) is 192 Å². The fourth-order valence-corrected chi connectivity index (χ4v) is 10.3. The van der Waals surface area contributed by atoms with Crippen LogP contribution in [0.5, 0.6) is 11.5 Å². The quantitative estimate of drug-likeness (QED) is 0.0292. The summed E-state index contributed by atoms with van der Waals surface area (Å²) in [5.41, 5.74) is 2.91. The number of unbranched alkanes of at least 4 members (excludes halogenated alkanes) is 11. The third kappa shape index (κ3) is 14.3. The van der Waals surface area contributed by atoms with Gasteiger partial charge in [0.25, 0.3) is 5.69 Å². The highest BCUT2D eigenvalue weighted by atomic mass is 16.7. The number of aliphatic hydroxyl groups is 2. The Hall–Kier alpha value is -4.99. The van der Waals surface area contributed by atoms with Gasteiger partial charge < -0.3 is 39.3 Å². The molecule has 3 aliphatic rings. The number of nitrogens with zero attached hydrogens (tertiary/aromatic N) is 3. The fraction of sp³-hybridized carbons (Fsp3) is 0.635. The van der Waals surface area contributed by atoms with Crippen LogP contribution in [-0.4, -0.2) is 89.8 Å². The van der Waals surface area contributed by atoms with Crippen LogP contribution in [0.2, 0.25) is 0 Å². The number of hydrogen-bond acceptors (Lipinski definition) is 12. The largest absolute Gasteiger partial charge is 0.459 e. The van der Waals surface area contributed by atoms with Gasteiger partial charge in [0.05, 0.1) is 30.3 Å². The third-order valence-electron chi connectivity index (χ3n) is 13.5. The van der Waals surface area contributed by atoms with Crippen molar-refractivity contribution in [3.05, 3.63) is 88.0 Å². The maximum Gasteiger partial charge on any atom is 0.412 e. The number of nitro benzene ring substituents is 1. The first-order chi connectivity index (χ1) is 32.7. The van der Waals surface area contributed by atoms with Crippen molar-refractivity contribution in [3.63, 3.8) is 0 Å². The highest BCUT2D eigenvalue weighted by molar-refractivity contribution is 6.03. The van der Waals surface area contributed by atoms with Gasteiger partial charge in [-0.1, -0.05) is 102 Å². The zero-order valence-electron chi connectivity index (χ0n) is 40.2. The van der Waals surface area contributed by atoms with E-state index in [-0.39, 0.29) is 56.3 Å². The number of fused-ring (bicyclic) bond motifs is 2. The van der Waals surface area contributed by atoms with Crippen LogP contribution in [0.1, 0.15) is 146 Å². The lowest BCUT2D eigenvalue weighted by molar-refractivity contribution is -0.384. The van der Waals surface area contributed by atoms with Crippen molar-refractivity contribution in [2.24, 2.45) is 22.9 Å². The lowest BCUT2D eigenvalue weighted by Gasteiger charge is -2.59. The average Bonchev–Trinajstić information content (AvgIpc) is 3.33. The summed E-state index contributed by atoms with van der Waals surface area (Å²) in [4.78, 5) is 45.8. The number of benzene rings is 2. The van der Waals surface area contributed by atoms with Crippen molar-refractivity contribution in [3.8, 4) is 11.5 Å². The molecule has 6 unspecified atom stereocenters. The standard InChI is InChI=1S/C52H76N4O11/c1-5-8-9-10-11-12-13-14-15-18-29-53-50(59)66-41-27-28-46-44(35-41)48-42(22-17-20-32-58)39(21-16-19-31-57)34-43-45(54-65-37-38-23-25-40(26-24-38)56(61)62)36-47(55(30-6-2)51(60)63-4)52(67-46,49(43)48)64-33-7-3/h7,23-28,34-35,39,42,47-49,57-58H,3,5-6,8-22,29-33,36-37H2,1-2,4H3,(H,53,59). The molecule has 0 saturated heterocycles. The molecular weight excluding hydrogens is 857 g/mol. The number of oxime groups is 1. The van der Waals surface area contributed by atoms with E-state index in [9.17, 15) is 29.9 Å². The van der Waals surface area contributed by atoms with E-state index in [0.29, 0.717) is 55.1 Å². The summed E-state index contributed by atoms with van der Waals surface area (Å²) in [6.45, 7) is 9.28. The molecule has 1 aliphatic heterocycles. The number of nitrogens with one attached hydrogen (secondary N) is 1. The number of hydrogen-bond donors (Lipinski definition) is 3. The maximum absolute atomic E-state index is 13.9. The van der Waals surface area contributed by atoms with Crippen molar-refractivity contribution in [2.75, 3.05) is 40.0 Å². The Morgan fingerprint density at radius 3 is 2.27 bits per heavy atom. The van der Waals surface area contributed by atoms with E-state index < -0.39 is 34.9 Å². The first kappa shape index (κ1) is 53.0. The minimum Gasteiger partial charge on any atom is -0.459 e. The van der Waals surface area contributed by atoms with Crippen LogP contribution in [0.25, 0.3) is 0 Å². The number of aliphatic hydroxyl groups excluding tert-OH is 2. The van der Waals surface area contributed by atoms with Crippen molar-refractivity contribution >= 4 is 23.6 Å². The van der Waals surface area contributed by atoms with Gasteiger partial charge in [0.2, 0.25) is 5.79 Å². The normalized spacial score (nSPS) is 22.1. The highest BCUT2D eigenvalue weighted by Gasteiger charge is 2.65. The first-order valence-corrected chi connectivity index (χ1v) is 24.9. The highest BCUT2D eigenvalue weighted by Crippen LogP contribution is 2.62. The van der Waals surface area contributed by atoms with Crippen LogP contribution in [0, 0.1) is 27.9 Å². The zero-order chi connectivity index (χ0) is 48.0. The van der Waals surface area contributed by atoms with Crippen LogP contribution in [0.15, 0.2) is 71.9 Å². The van der Waals surface area contributed by atoms with E-state index in [1.807, 2.05) is 19.1 Å². The number of methoxy groups -OCH3 is 1. The molecule has 0 aromatic heterocycles. The Balaban J connectivity index is 1.54. The van der Waals surface area contributed by atoms with Crippen LogP contribution in [0.3, 0.4) is 0 Å². The number of rotatable bonds is 30. The van der Waals surface area contributed by atoms with Crippen LogP contribution >= 0.6 is 0 Å². The molecule has 2 aliphatic carbocycles. The van der Waals surface area contributed by atoms with Gasteiger partial charge in [0, 0.05) is 56.3 Å². The first-order valence-electron chi connectivity index (χ1n) is 24.9. The third-order valence-corrected chi connectivity index (χ3v) is 13.5. The van der Waals surface area contributed by atoms with Gasteiger partial charge in [-0.25, -0.2) is 9.59 Å². The zero-order valence-corrected chi connectivity index (χ0v) is 40.2. The van der Waals surface area contributed by atoms with Crippen LogP contribution in [-0.2, 0) is 20.9 Å². The molecule has 67 heavy (non-hydrogen) atoms. The van der Waals surface area contributed by atoms with Crippen molar-refractivity contribution in [1.29, 1.82) is 0 Å². The second-order valence-corrected chi connectivity index (χ2v) is 18.1. The SMILES string of the molecule is C=CCOC12Oc3ccc(OC(=O)NCCCCCCCCCCCC)cc3C3C(CCCCO)C(CCCCO)C=C(C(=NOCc4ccc([N+](=O)[O-])cc4)CC1N(CCC)C(=O)OC)C32. The number of nitro groups is 1. The maximum atomic E-state index is 13.9. The van der Waals surface area contributed by atoms with E-state index in [0.717, 1.165) is 56.1 Å². The molecule has 2 aromatic rings. The molecule has 0 radical (unpaired) electrons. The molecule has 0 spiro atoms. The van der Waals surface area contributed by atoms with E-state index >= 15 is 0 Å². The summed E-state index contributed by atoms with van der Waals surface area (Å²) in [6.07, 6.45) is 19.8. The van der Waals surface area contributed by atoms with Crippen LogP contribution in [0.4, 0.5) is 15.3 Å². The molecule has 0 bridgehead atoms. The van der Waals surface area contributed by atoms with Gasteiger partial charge in [-0.3, -0.25) is 15.0 Å². The Morgan fingerprint density at radius 1 is 0.940 bits per heavy atom. The summed E-state index contributed by atoms with van der Waals surface area (Å²) < 4.78 is 25.6. The number of carbonyl (C=O) groups is 2. The fourth-order valence-electron chi connectivity index (χ4n) is 10.3. The van der Waals surface area contributed by atoms with Crippen molar-refractivity contribution in [2.45, 2.75) is 154 Å². The second kappa shape index (κ2) is 27.7. The van der Waals surface area contributed by atoms with E-state index in [1.54, 1.807) is 29.2 Å². The summed E-state index contributed by atoms with van der Waals surface area (Å²) in [5.74, 6) is -1.52. The van der Waals surface area contributed by atoms with Gasteiger partial charge in [0.1, 0.15) is 24.1 Å². The number of amides is 2. The van der Waals surface area contributed by atoms with E-state index in [1.165, 1.54) is 64.2 Å². The number of allylic oxidation sites excluding steroid dienone is 1. The molecule has 370 valence electrons. The smallest absolute Gasteiger partial charge is 0.412 e. The molecule has 1 fully saturated rings. The van der Waals surface area contributed by atoms with Gasteiger partial charge in [0.15, 0.2) is 0 Å². The molecule has 2 aromatic carbocycles. The summed E-state index contributed by atoms with van der Waals surface area (Å²) in [6, 6.07) is 10.8. The molecule has 5 rings (SSSR count). The van der Waals surface area contributed by atoms with Gasteiger partial charge in [-0.2, -0.15) is 0 Å². The van der Waals surface area contributed by atoms with Gasteiger partial charge in [-0.05, 0) is 91.8 Å². The molecule has 1 heterocycles. The lowest BCUT2D eigenvalue weighted by atomic mass is 9.55. The predicted molar refractivity (Wildman–Crippen MR) is 258 cm³/mol. The Morgan fingerprint density at radius 2 is 1.63 bits per heavy atom. The monoisotopic (exact) mass is 933 g/mol. The summed E-state index contributed by atoms with van der Waals surface area (Å²) >= 11 is 0. The van der Waals surface area contributed by atoms with Crippen molar-refractivity contribution < 1.29 is 48.5 Å². The predicted octanol–water partition coefficient (Wildman–Crippen LogP) is 10.9. The molecular formula is C52H76N4O11. The minimum atomic E-state index is -1.47. The number of ether oxygens (including phenoxy) is 4. The average molecular weight is 933 g/mol. The summed E-state index contributed by atoms with van der Waals surface area (Å²) in [5, 5.41) is 38.9. The number of non-ortho nitro benzene ring substituents is 1. The molecule has 15 heteroatoms. The molecule has 15 nitrogen and oxygen atoms in total. The van der Waals surface area contributed by atoms with Gasteiger partial charge in [-0.15, -0.1) is 6.58 Å². The van der Waals surface area contributed by atoms with Crippen LogP contribution < -0.4 is 14.8 Å². The Bertz CT molecular complexity index is 1940. The van der Waals surface area contributed by atoms with E-state index in [2.05, 4.69) is 24.9 Å². The van der Waals surface area contributed by atoms with Gasteiger partial charge >= 0.3 is 12.2 Å². The Kier molecular flexibility index (Phi) is 21.9. The summed E-state index contributed by atoms with van der Waals surface area (Å²) in [7, 11) is 1.35. The Labute approximate surface area is 397 Å². The second-order valence-electron chi connectivity index (χ2n) is 18.1. The molecule has 1 saturated carbocycles.